The lowest BCUT2D eigenvalue weighted by Gasteiger charge is -2.55. The van der Waals surface area contributed by atoms with Crippen molar-refractivity contribution < 1.29 is 4.79 Å². The molecule has 1 aromatic rings. The molecule has 0 spiro atoms. The fourth-order valence-corrected chi connectivity index (χ4v) is 5.86. The van der Waals surface area contributed by atoms with Gasteiger partial charge in [0.15, 0.2) is 0 Å². The van der Waals surface area contributed by atoms with Gasteiger partial charge in [0, 0.05) is 24.2 Å². The van der Waals surface area contributed by atoms with Crippen molar-refractivity contribution in [1.29, 1.82) is 0 Å². The molecule has 0 aliphatic heterocycles. The van der Waals surface area contributed by atoms with E-state index < -0.39 is 0 Å². The molecule has 0 aromatic carbocycles. The van der Waals surface area contributed by atoms with Crippen molar-refractivity contribution in [2.75, 3.05) is 0 Å². The van der Waals surface area contributed by atoms with Crippen LogP contribution in [-0.4, -0.2) is 15.7 Å². The molecule has 1 atom stereocenters. The second-order valence-electron chi connectivity index (χ2n) is 8.24. The lowest BCUT2D eigenvalue weighted by atomic mass is 9.49. The van der Waals surface area contributed by atoms with Crippen molar-refractivity contribution in [2.24, 2.45) is 30.2 Å². The molecule has 1 aromatic heterocycles. The van der Waals surface area contributed by atoms with E-state index in [1.165, 1.54) is 19.3 Å². The Balaban J connectivity index is 1.51. The standard InChI is InChI=1S/C18H27N3O/c1-11(16-10-21(3)20-12(16)2)19-17(22)18-7-13-4-14(8-18)6-15(5-13)9-18/h10-11,13-15H,4-9H2,1-3H3,(H,19,22)/t11-,13?,14?,15?,18?/m1/s1. The lowest BCUT2D eigenvalue weighted by molar-refractivity contribution is -0.147. The van der Waals surface area contributed by atoms with Crippen molar-refractivity contribution in [3.63, 3.8) is 0 Å². The minimum Gasteiger partial charge on any atom is -0.349 e. The summed E-state index contributed by atoms with van der Waals surface area (Å²) < 4.78 is 1.83. The van der Waals surface area contributed by atoms with E-state index in [1.807, 2.05) is 24.9 Å². The third-order valence-corrected chi connectivity index (χ3v) is 6.39. The Morgan fingerprint density at radius 3 is 2.27 bits per heavy atom. The molecule has 0 unspecified atom stereocenters. The van der Waals surface area contributed by atoms with Crippen LogP contribution in [0, 0.1) is 30.1 Å². The summed E-state index contributed by atoms with van der Waals surface area (Å²) >= 11 is 0. The highest BCUT2D eigenvalue weighted by Gasteiger charge is 2.54. The summed E-state index contributed by atoms with van der Waals surface area (Å²) in [5.74, 6) is 2.75. The summed E-state index contributed by atoms with van der Waals surface area (Å²) in [6, 6.07) is 0.0502. The summed E-state index contributed by atoms with van der Waals surface area (Å²) in [7, 11) is 1.93. The van der Waals surface area contributed by atoms with E-state index in [0.717, 1.165) is 48.3 Å². The first-order chi connectivity index (χ1) is 10.4. The van der Waals surface area contributed by atoms with Crippen LogP contribution >= 0.6 is 0 Å². The topological polar surface area (TPSA) is 46.9 Å². The summed E-state index contributed by atoms with van der Waals surface area (Å²) in [6.07, 6.45) is 9.55. The van der Waals surface area contributed by atoms with Gasteiger partial charge in [-0.1, -0.05) is 0 Å². The number of nitrogens with one attached hydrogen (secondary N) is 1. The molecular formula is C18H27N3O. The van der Waals surface area contributed by atoms with Gasteiger partial charge in [0.2, 0.25) is 5.91 Å². The molecule has 120 valence electrons. The van der Waals surface area contributed by atoms with Crippen LogP contribution in [0.25, 0.3) is 0 Å². The number of hydrogen-bond donors (Lipinski definition) is 1. The summed E-state index contributed by atoms with van der Waals surface area (Å²) in [6.45, 7) is 4.10. The largest absolute Gasteiger partial charge is 0.349 e. The molecule has 4 heteroatoms. The summed E-state index contributed by atoms with van der Waals surface area (Å²) in [5, 5.41) is 7.71. The third-order valence-electron chi connectivity index (χ3n) is 6.39. The van der Waals surface area contributed by atoms with Crippen LogP contribution in [0.3, 0.4) is 0 Å². The fraction of sp³-hybridized carbons (Fsp3) is 0.778. The molecule has 5 rings (SSSR count). The molecule has 4 bridgehead atoms. The van der Waals surface area contributed by atoms with Crippen LogP contribution in [0.15, 0.2) is 6.20 Å². The van der Waals surface area contributed by atoms with Gasteiger partial charge in [0.1, 0.15) is 0 Å². The third kappa shape index (κ3) is 2.19. The van der Waals surface area contributed by atoms with Gasteiger partial charge in [-0.25, -0.2) is 0 Å². The molecule has 0 radical (unpaired) electrons. The first-order valence-electron chi connectivity index (χ1n) is 8.76. The Morgan fingerprint density at radius 2 is 1.82 bits per heavy atom. The second-order valence-corrected chi connectivity index (χ2v) is 8.24. The maximum absolute atomic E-state index is 13.1. The van der Waals surface area contributed by atoms with Gasteiger partial charge in [-0.15, -0.1) is 0 Å². The van der Waals surface area contributed by atoms with E-state index in [4.69, 9.17) is 0 Å². The van der Waals surface area contributed by atoms with Crippen LogP contribution in [-0.2, 0) is 11.8 Å². The Hall–Kier alpha value is -1.32. The molecule has 4 aliphatic rings. The van der Waals surface area contributed by atoms with Gasteiger partial charge in [0.05, 0.1) is 11.7 Å². The number of rotatable bonds is 3. The zero-order chi connectivity index (χ0) is 15.5. The minimum atomic E-state index is -0.0564. The summed E-state index contributed by atoms with van der Waals surface area (Å²) in [4.78, 5) is 13.1. The molecule has 4 nitrogen and oxygen atoms in total. The van der Waals surface area contributed by atoms with Gasteiger partial charge >= 0.3 is 0 Å². The van der Waals surface area contributed by atoms with Gasteiger partial charge < -0.3 is 5.32 Å². The van der Waals surface area contributed by atoms with Crippen molar-refractivity contribution in [2.45, 2.75) is 58.4 Å². The highest BCUT2D eigenvalue weighted by Crippen LogP contribution is 2.60. The van der Waals surface area contributed by atoms with Crippen molar-refractivity contribution in [1.82, 2.24) is 15.1 Å². The van der Waals surface area contributed by atoms with Crippen LogP contribution in [0.2, 0.25) is 0 Å². The number of carbonyl (C=O) groups is 1. The molecular weight excluding hydrogens is 274 g/mol. The molecule has 22 heavy (non-hydrogen) atoms. The molecule has 0 saturated heterocycles. The van der Waals surface area contributed by atoms with E-state index in [9.17, 15) is 4.79 Å². The minimum absolute atomic E-state index is 0.0502. The van der Waals surface area contributed by atoms with Crippen LogP contribution in [0.4, 0.5) is 0 Å². The lowest BCUT2D eigenvalue weighted by Crippen LogP contribution is -2.53. The maximum atomic E-state index is 13.1. The monoisotopic (exact) mass is 301 g/mol. The van der Waals surface area contributed by atoms with E-state index in [2.05, 4.69) is 17.3 Å². The van der Waals surface area contributed by atoms with Gasteiger partial charge in [-0.05, 0) is 70.1 Å². The number of aromatic nitrogens is 2. The highest BCUT2D eigenvalue weighted by molar-refractivity contribution is 5.83. The normalized spacial score (nSPS) is 37.3. The highest BCUT2D eigenvalue weighted by atomic mass is 16.2. The predicted octanol–water partition coefficient (Wildman–Crippen LogP) is 3.12. The van der Waals surface area contributed by atoms with E-state index in [-0.39, 0.29) is 11.5 Å². The number of amides is 1. The molecule has 1 N–H and O–H groups in total. The molecule has 1 heterocycles. The summed E-state index contributed by atoms with van der Waals surface area (Å²) in [5.41, 5.74) is 2.10. The Morgan fingerprint density at radius 1 is 1.27 bits per heavy atom. The number of carbonyl (C=O) groups excluding carboxylic acids is 1. The van der Waals surface area contributed by atoms with Crippen molar-refractivity contribution in [3.05, 3.63) is 17.5 Å². The van der Waals surface area contributed by atoms with Gasteiger partial charge in [0.25, 0.3) is 0 Å². The van der Waals surface area contributed by atoms with E-state index >= 15 is 0 Å². The molecule has 1 amide bonds. The predicted molar refractivity (Wildman–Crippen MR) is 85.1 cm³/mol. The van der Waals surface area contributed by atoms with Crippen molar-refractivity contribution in [3.8, 4) is 0 Å². The number of hydrogen-bond acceptors (Lipinski definition) is 2. The molecule has 4 saturated carbocycles. The van der Waals surface area contributed by atoms with E-state index in [0.29, 0.717) is 5.91 Å². The van der Waals surface area contributed by atoms with Gasteiger partial charge in [-0.2, -0.15) is 5.10 Å². The van der Waals surface area contributed by atoms with Crippen LogP contribution in [0.5, 0.6) is 0 Å². The Bertz CT molecular complexity index is 568. The Labute approximate surface area is 132 Å². The van der Waals surface area contributed by atoms with Crippen LogP contribution < -0.4 is 5.32 Å². The first-order valence-corrected chi connectivity index (χ1v) is 8.76. The zero-order valence-electron chi connectivity index (χ0n) is 13.9. The second kappa shape index (κ2) is 4.84. The quantitative estimate of drug-likeness (QED) is 0.932. The van der Waals surface area contributed by atoms with Crippen molar-refractivity contribution >= 4 is 5.91 Å². The molecule has 4 fully saturated rings. The van der Waals surface area contributed by atoms with E-state index in [1.54, 1.807) is 0 Å². The average Bonchev–Trinajstić information content (AvgIpc) is 2.76. The molecule has 4 aliphatic carbocycles. The van der Waals surface area contributed by atoms with Gasteiger partial charge in [-0.3, -0.25) is 9.48 Å². The Kier molecular flexibility index (Phi) is 3.14. The first kappa shape index (κ1) is 14.3. The SMILES string of the molecule is Cc1nn(C)cc1[C@@H](C)NC(=O)C12CC3CC(CC(C3)C1)C2. The maximum Gasteiger partial charge on any atom is 0.226 e. The number of nitrogens with zero attached hydrogens (tertiary/aromatic N) is 2. The average molecular weight is 301 g/mol. The number of aryl methyl sites for hydroxylation is 2. The van der Waals surface area contributed by atoms with Crippen LogP contribution in [0.1, 0.15) is 62.7 Å². The zero-order valence-corrected chi connectivity index (χ0v) is 13.9. The smallest absolute Gasteiger partial charge is 0.226 e. The fourth-order valence-electron chi connectivity index (χ4n) is 5.86.